The third-order valence-electron chi connectivity index (χ3n) is 5.37. The number of rotatable bonds is 4. The van der Waals surface area contributed by atoms with Crippen LogP contribution in [0.5, 0.6) is 0 Å². The second-order valence-electron chi connectivity index (χ2n) is 7.16. The SMILES string of the molecule is CCCc1cnc(C#Cc2ccc(C3CCC(CC)CC3)cc2)nc1. The molecule has 1 saturated carbocycles. The predicted octanol–water partition coefficient (Wildman–Crippen LogP) is 5.51. The van der Waals surface area contributed by atoms with Crippen molar-refractivity contribution in [2.75, 3.05) is 0 Å². The fourth-order valence-electron chi connectivity index (χ4n) is 3.71. The molecular weight excluding hydrogens is 304 g/mol. The van der Waals surface area contributed by atoms with Crippen molar-refractivity contribution in [3.63, 3.8) is 0 Å². The second kappa shape index (κ2) is 8.81. The number of aromatic nitrogens is 2. The molecule has 2 heteroatoms. The Hall–Kier alpha value is -2.14. The third-order valence-corrected chi connectivity index (χ3v) is 5.37. The lowest BCUT2D eigenvalue weighted by Gasteiger charge is -2.28. The largest absolute Gasteiger partial charge is 0.229 e. The molecule has 1 aromatic carbocycles. The first-order valence-electron chi connectivity index (χ1n) is 9.71. The van der Waals surface area contributed by atoms with Gasteiger partial charge in [-0.1, -0.05) is 44.7 Å². The van der Waals surface area contributed by atoms with Crippen LogP contribution in [0, 0.1) is 17.8 Å². The summed E-state index contributed by atoms with van der Waals surface area (Å²) < 4.78 is 0. The van der Waals surface area contributed by atoms with Gasteiger partial charge in [-0.15, -0.1) is 0 Å². The van der Waals surface area contributed by atoms with Gasteiger partial charge in [0.2, 0.25) is 5.82 Å². The van der Waals surface area contributed by atoms with Gasteiger partial charge in [-0.2, -0.15) is 0 Å². The minimum absolute atomic E-state index is 0.599. The lowest BCUT2D eigenvalue weighted by molar-refractivity contribution is 0.319. The van der Waals surface area contributed by atoms with Gasteiger partial charge < -0.3 is 0 Å². The number of nitrogens with zero attached hydrogens (tertiary/aromatic N) is 2. The lowest BCUT2D eigenvalue weighted by atomic mass is 9.78. The molecule has 1 aromatic heterocycles. The number of benzene rings is 1. The average molecular weight is 332 g/mol. The normalized spacial score (nSPS) is 19.9. The molecule has 0 radical (unpaired) electrons. The van der Waals surface area contributed by atoms with E-state index in [-0.39, 0.29) is 0 Å². The molecule has 1 aliphatic carbocycles. The summed E-state index contributed by atoms with van der Waals surface area (Å²) in [5, 5.41) is 0. The van der Waals surface area contributed by atoms with Gasteiger partial charge in [0.05, 0.1) is 0 Å². The molecule has 130 valence electrons. The Bertz CT molecular complexity index is 711. The highest BCUT2D eigenvalue weighted by Gasteiger charge is 2.20. The minimum atomic E-state index is 0.599. The molecule has 0 unspecified atom stereocenters. The number of aryl methyl sites for hydroxylation is 1. The zero-order valence-electron chi connectivity index (χ0n) is 15.5. The van der Waals surface area contributed by atoms with Gasteiger partial charge in [0, 0.05) is 18.0 Å². The van der Waals surface area contributed by atoms with E-state index in [0.29, 0.717) is 5.82 Å². The summed E-state index contributed by atoms with van der Waals surface area (Å²) in [6, 6.07) is 8.79. The molecule has 1 fully saturated rings. The summed E-state index contributed by atoms with van der Waals surface area (Å²) >= 11 is 0. The average Bonchev–Trinajstić information content (AvgIpc) is 2.68. The van der Waals surface area contributed by atoms with Gasteiger partial charge in [0.15, 0.2) is 0 Å². The zero-order valence-corrected chi connectivity index (χ0v) is 15.5. The Morgan fingerprint density at radius 3 is 2.20 bits per heavy atom. The van der Waals surface area contributed by atoms with Crippen LogP contribution in [-0.4, -0.2) is 9.97 Å². The van der Waals surface area contributed by atoms with Gasteiger partial charge >= 0.3 is 0 Å². The van der Waals surface area contributed by atoms with E-state index in [4.69, 9.17) is 0 Å². The molecule has 0 atom stereocenters. The van der Waals surface area contributed by atoms with Crippen LogP contribution >= 0.6 is 0 Å². The molecule has 0 N–H and O–H groups in total. The van der Waals surface area contributed by atoms with Gasteiger partial charge in [-0.25, -0.2) is 9.97 Å². The van der Waals surface area contributed by atoms with E-state index in [1.807, 2.05) is 12.4 Å². The fourth-order valence-corrected chi connectivity index (χ4v) is 3.71. The van der Waals surface area contributed by atoms with E-state index >= 15 is 0 Å². The third kappa shape index (κ3) is 4.92. The summed E-state index contributed by atoms with van der Waals surface area (Å²) in [5.41, 5.74) is 3.68. The topological polar surface area (TPSA) is 25.8 Å². The van der Waals surface area contributed by atoms with Crippen molar-refractivity contribution in [1.82, 2.24) is 9.97 Å². The molecule has 1 heterocycles. The van der Waals surface area contributed by atoms with Crippen LogP contribution in [0.3, 0.4) is 0 Å². The maximum atomic E-state index is 4.33. The predicted molar refractivity (Wildman–Crippen MR) is 103 cm³/mol. The first-order chi connectivity index (χ1) is 12.3. The van der Waals surface area contributed by atoms with Crippen molar-refractivity contribution in [2.45, 2.75) is 64.7 Å². The first-order valence-corrected chi connectivity index (χ1v) is 9.71. The van der Waals surface area contributed by atoms with Gasteiger partial charge in [0.25, 0.3) is 0 Å². The molecule has 3 rings (SSSR count). The molecule has 0 saturated heterocycles. The minimum Gasteiger partial charge on any atom is -0.229 e. The van der Waals surface area contributed by atoms with E-state index in [0.717, 1.165) is 30.2 Å². The molecule has 25 heavy (non-hydrogen) atoms. The van der Waals surface area contributed by atoms with Crippen molar-refractivity contribution in [2.24, 2.45) is 5.92 Å². The molecule has 0 bridgehead atoms. The standard InChI is InChI=1S/C23H28N2/c1-3-5-20-16-24-23(25-17-20)15-10-19-8-13-22(14-9-19)21-11-6-18(4-2)7-12-21/h8-9,13-14,16-18,21H,3-7,11-12H2,1-2H3. The molecule has 0 amide bonds. The summed E-state index contributed by atoms with van der Waals surface area (Å²) in [7, 11) is 0. The second-order valence-corrected chi connectivity index (χ2v) is 7.16. The van der Waals surface area contributed by atoms with E-state index in [1.165, 1.54) is 43.2 Å². The first kappa shape index (κ1) is 17.7. The van der Waals surface area contributed by atoms with Crippen molar-refractivity contribution >= 4 is 0 Å². The van der Waals surface area contributed by atoms with Gasteiger partial charge in [0.1, 0.15) is 0 Å². The molecule has 1 aliphatic rings. The summed E-state index contributed by atoms with van der Waals surface area (Å²) in [6.45, 7) is 4.48. The van der Waals surface area contributed by atoms with Crippen LogP contribution in [0.1, 0.15) is 80.8 Å². The molecule has 0 spiro atoms. The van der Waals surface area contributed by atoms with Crippen molar-refractivity contribution in [3.05, 3.63) is 59.2 Å². The molecular formula is C23H28N2. The maximum absolute atomic E-state index is 4.33. The van der Waals surface area contributed by atoms with Gasteiger partial charge in [-0.05, 0) is 73.1 Å². The molecule has 2 nitrogen and oxygen atoms in total. The van der Waals surface area contributed by atoms with Crippen LogP contribution in [0.2, 0.25) is 0 Å². The van der Waals surface area contributed by atoms with E-state index in [1.54, 1.807) is 0 Å². The summed E-state index contributed by atoms with van der Waals surface area (Å²) in [5.74, 6) is 8.54. The monoisotopic (exact) mass is 332 g/mol. The highest BCUT2D eigenvalue weighted by atomic mass is 14.8. The molecule has 2 aromatic rings. The Kier molecular flexibility index (Phi) is 6.23. The quantitative estimate of drug-likeness (QED) is 0.690. The van der Waals surface area contributed by atoms with Crippen LogP contribution < -0.4 is 0 Å². The zero-order chi connectivity index (χ0) is 17.5. The lowest BCUT2D eigenvalue weighted by Crippen LogP contribution is -2.12. The van der Waals surface area contributed by atoms with Crippen LogP contribution in [0.15, 0.2) is 36.7 Å². The summed E-state index contributed by atoms with van der Waals surface area (Å²) in [6.07, 6.45) is 12.7. The van der Waals surface area contributed by atoms with E-state index in [9.17, 15) is 0 Å². The highest BCUT2D eigenvalue weighted by molar-refractivity contribution is 5.40. The molecule has 0 aliphatic heterocycles. The Morgan fingerprint density at radius 2 is 1.60 bits per heavy atom. The van der Waals surface area contributed by atoms with Crippen molar-refractivity contribution in [1.29, 1.82) is 0 Å². The number of hydrogen-bond donors (Lipinski definition) is 0. The van der Waals surface area contributed by atoms with E-state index < -0.39 is 0 Å². The Labute approximate surface area is 152 Å². The van der Waals surface area contributed by atoms with Crippen LogP contribution in [-0.2, 0) is 6.42 Å². The maximum Gasteiger partial charge on any atom is 0.205 e. The van der Waals surface area contributed by atoms with Crippen LogP contribution in [0.25, 0.3) is 0 Å². The summed E-state index contributed by atoms with van der Waals surface area (Å²) in [4.78, 5) is 8.67. The van der Waals surface area contributed by atoms with Crippen molar-refractivity contribution in [3.8, 4) is 11.8 Å². The number of hydrogen-bond acceptors (Lipinski definition) is 2. The highest BCUT2D eigenvalue weighted by Crippen LogP contribution is 2.36. The van der Waals surface area contributed by atoms with Crippen molar-refractivity contribution < 1.29 is 0 Å². The Balaban J connectivity index is 1.61. The Morgan fingerprint density at radius 1 is 0.920 bits per heavy atom. The smallest absolute Gasteiger partial charge is 0.205 e. The fraction of sp³-hybridized carbons (Fsp3) is 0.478. The van der Waals surface area contributed by atoms with Gasteiger partial charge in [-0.3, -0.25) is 0 Å². The van der Waals surface area contributed by atoms with Crippen LogP contribution in [0.4, 0.5) is 0 Å². The van der Waals surface area contributed by atoms with E-state index in [2.05, 4.69) is 59.9 Å².